The van der Waals surface area contributed by atoms with E-state index >= 15 is 0 Å². The number of aromatic nitrogens is 1. The molecule has 2 aromatic rings. The van der Waals surface area contributed by atoms with Gasteiger partial charge in [-0.15, -0.1) is 11.3 Å². The molecule has 6 nitrogen and oxygen atoms in total. The highest BCUT2D eigenvalue weighted by Crippen LogP contribution is 2.29. The molecule has 0 aromatic heterocycles. The van der Waals surface area contributed by atoms with Crippen LogP contribution in [0, 0.1) is 0 Å². The number of rotatable bonds is 3. The van der Waals surface area contributed by atoms with Crippen LogP contribution in [0.25, 0.3) is 20.8 Å². The largest absolute Gasteiger partial charge is 0.478 e. The number of carbonyl (C=O) groups excluding carboxylic acids is 1. The quantitative estimate of drug-likeness (QED) is 0.420. The minimum absolute atomic E-state index is 0.0297. The lowest BCUT2D eigenvalue weighted by atomic mass is 10.1. The first-order chi connectivity index (χ1) is 13.5. The lowest BCUT2D eigenvalue weighted by molar-refractivity contribution is 0.0600. The van der Waals surface area contributed by atoms with Crippen molar-refractivity contribution in [3.8, 4) is 10.6 Å². The number of hydrogen-bond acceptors (Lipinski definition) is 6. The van der Waals surface area contributed by atoms with Crippen LogP contribution < -0.4 is 5.36 Å². The summed E-state index contributed by atoms with van der Waals surface area (Å²) in [5.41, 5.74) is 2.26. The molecule has 1 aliphatic carbocycles. The summed E-state index contributed by atoms with van der Waals surface area (Å²) >= 11 is 1.60. The molecule has 0 amide bonds. The molecule has 1 aliphatic heterocycles. The minimum Gasteiger partial charge on any atom is -0.478 e. The number of methoxy groups -OCH3 is 1. The summed E-state index contributed by atoms with van der Waals surface area (Å²) in [6.07, 6.45) is 0. The number of benzene rings is 3. The van der Waals surface area contributed by atoms with Crippen molar-refractivity contribution in [2.45, 2.75) is 0 Å². The average Bonchev–Trinajstić information content (AvgIpc) is 2.71. The summed E-state index contributed by atoms with van der Waals surface area (Å²) < 4.78 is 5.76. The Kier molecular flexibility index (Phi) is 4.58. The molecular weight excluding hydrogens is 376 g/mol. The van der Waals surface area contributed by atoms with Gasteiger partial charge in [-0.3, -0.25) is 0 Å². The molecule has 7 heteroatoms. The molecule has 0 fully saturated rings. The fourth-order valence-corrected chi connectivity index (χ4v) is 3.81. The smallest absolute Gasteiger partial charge is 0.337 e. The van der Waals surface area contributed by atoms with Crippen LogP contribution in [0.4, 0.5) is 5.69 Å². The monoisotopic (exact) mass is 390 g/mol. The fraction of sp³-hybridized carbons (Fsp3) is 0.0476. The SMILES string of the molecule is COC(=O)c1cc(/N=c2\ccc3nc4ccccc4sc-3c2)cc(C(=O)O)c1. The number of nitrogens with zero attached hydrogens (tertiary/aromatic N) is 2. The molecule has 28 heavy (non-hydrogen) atoms. The maximum Gasteiger partial charge on any atom is 0.337 e. The van der Waals surface area contributed by atoms with Gasteiger partial charge in [-0.25, -0.2) is 19.6 Å². The topological polar surface area (TPSA) is 88.9 Å². The van der Waals surface area contributed by atoms with Gasteiger partial charge < -0.3 is 9.84 Å². The van der Waals surface area contributed by atoms with Crippen molar-refractivity contribution in [3.05, 3.63) is 77.1 Å². The second-order valence-corrected chi connectivity index (χ2v) is 7.09. The molecule has 1 heterocycles. The van der Waals surface area contributed by atoms with E-state index in [1.807, 2.05) is 42.5 Å². The number of carboxylic acids is 1. The predicted octanol–water partition coefficient (Wildman–Crippen LogP) is 4.12. The van der Waals surface area contributed by atoms with Crippen molar-refractivity contribution >= 4 is 39.2 Å². The van der Waals surface area contributed by atoms with Crippen LogP contribution in [0.5, 0.6) is 0 Å². The summed E-state index contributed by atoms with van der Waals surface area (Å²) in [5, 5.41) is 9.93. The first kappa shape index (κ1) is 17.8. The zero-order valence-electron chi connectivity index (χ0n) is 14.7. The van der Waals surface area contributed by atoms with E-state index in [9.17, 15) is 14.7 Å². The molecule has 0 saturated carbocycles. The Bertz CT molecular complexity index is 1260. The van der Waals surface area contributed by atoms with Crippen molar-refractivity contribution < 1.29 is 19.4 Å². The third-order valence-corrected chi connectivity index (χ3v) is 5.23. The average molecular weight is 390 g/mol. The van der Waals surface area contributed by atoms with E-state index in [0.29, 0.717) is 11.0 Å². The number of carbonyl (C=O) groups is 2. The van der Waals surface area contributed by atoms with Crippen LogP contribution in [0.2, 0.25) is 0 Å². The van der Waals surface area contributed by atoms with Gasteiger partial charge in [-0.2, -0.15) is 0 Å². The van der Waals surface area contributed by atoms with Gasteiger partial charge in [-0.05, 0) is 48.5 Å². The van der Waals surface area contributed by atoms with Gasteiger partial charge in [0.2, 0.25) is 0 Å². The molecule has 4 rings (SSSR count). The highest BCUT2D eigenvalue weighted by atomic mass is 32.1. The molecule has 2 aliphatic rings. The summed E-state index contributed by atoms with van der Waals surface area (Å²) in [4.78, 5) is 33.3. The Morgan fingerprint density at radius 2 is 1.82 bits per heavy atom. The summed E-state index contributed by atoms with van der Waals surface area (Å²) in [5.74, 6) is -1.76. The highest BCUT2D eigenvalue weighted by molar-refractivity contribution is 7.21. The van der Waals surface area contributed by atoms with Crippen LogP contribution in [0.1, 0.15) is 20.7 Å². The molecule has 0 atom stereocenters. The number of fused-ring (bicyclic) bond motifs is 2. The number of esters is 1. The lowest BCUT2D eigenvalue weighted by Gasteiger charge is -2.06. The fourth-order valence-electron chi connectivity index (χ4n) is 2.81. The summed E-state index contributed by atoms with van der Waals surface area (Å²) in [7, 11) is 1.24. The standard InChI is InChI=1S/C21H14N2O4S/c1-27-21(26)13-8-12(20(24)25)9-15(10-13)22-14-6-7-17-19(11-14)28-18-5-3-2-4-16(18)23-17/h2-11H,1H3,(H,24,25)/b22-14+. The van der Waals surface area contributed by atoms with E-state index in [0.717, 1.165) is 20.8 Å². The third kappa shape index (κ3) is 3.47. The molecule has 0 bridgehead atoms. The van der Waals surface area contributed by atoms with E-state index in [1.54, 1.807) is 11.3 Å². The molecular formula is C21H14N2O4S. The number of aromatic carboxylic acids is 1. The van der Waals surface area contributed by atoms with Crippen molar-refractivity contribution in [1.82, 2.24) is 4.98 Å². The number of ether oxygens (including phenoxy) is 1. The zero-order chi connectivity index (χ0) is 19.7. The highest BCUT2D eigenvalue weighted by Gasteiger charge is 2.13. The number of hydrogen-bond donors (Lipinski definition) is 1. The molecule has 0 saturated heterocycles. The van der Waals surface area contributed by atoms with Crippen molar-refractivity contribution in [2.75, 3.05) is 7.11 Å². The minimum atomic E-state index is -1.14. The third-order valence-electron chi connectivity index (χ3n) is 4.11. The van der Waals surface area contributed by atoms with Crippen LogP contribution >= 0.6 is 11.3 Å². The zero-order valence-corrected chi connectivity index (χ0v) is 15.6. The molecule has 0 radical (unpaired) electrons. The Morgan fingerprint density at radius 1 is 1.04 bits per heavy atom. The first-order valence-corrected chi connectivity index (χ1v) is 9.16. The molecule has 1 N–H and O–H groups in total. The van der Waals surface area contributed by atoms with Gasteiger partial charge >= 0.3 is 11.9 Å². The van der Waals surface area contributed by atoms with E-state index in [2.05, 4.69) is 9.98 Å². The Balaban J connectivity index is 1.86. The Hall–Kier alpha value is -3.58. The normalized spacial score (nSPS) is 11.7. The van der Waals surface area contributed by atoms with Crippen molar-refractivity contribution in [1.29, 1.82) is 0 Å². The Morgan fingerprint density at radius 3 is 2.61 bits per heavy atom. The van der Waals surface area contributed by atoms with Crippen LogP contribution in [0.15, 0.2) is 65.7 Å². The van der Waals surface area contributed by atoms with Gasteiger partial charge in [0.25, 0.3) is 0 Å². The number of para-hydroxylation sites is 1. The summed E-state index contributed by atoms with van der Waals surface area (Å²) in [6, 6.07) is 17.7. The van der Waals surface area contributed by atoms with Gasteiger partial charge in [0.05, 0.1) is 50.1 Å². The maximum atomic E-state index is 11.8. The van der Waals surface area contributed by atoms with E-state index < -0.39 is 11.9 Å². The number of carboxylic acid groups (broad SMARTS) is 1. The van der Waals surface area contributed by atoms with Gasteiger partial charge in [0.1, 0.15) is 0 Å². The van der Waals surface area contributed by atoms with Gasteiger partial charge in [-0.1, -0.05) is 12.1 Å². The molecule has 2 aromatic carbocycles. The molecule has 0 spiro atoms. The first-order valence-electron chi connectivity index (χ1n) is 8.34. The van der Waals surface area contributed by atoms with Crippen LogP contribution in [-0.4, -0.2) is 29.1 Å². The van der Waals surface area contributed by atoms with Crippen LogP contribution in [-0.2, 0) is 4.74 Å². The predicted molar refractivity (Wildman–Crippen MR) is 106 cm³/mol. The molecule has 0 unspecified atom stereocenters. The van der Waals surface area contributed by atoms with Crippen molar-refractivity contribution in [3.63, 3.8) is 0 Å². The lowest BCUT2D eigenvalue weighted by Crippen LogP contribution is -2.05. The van der Waals surface area contributed by atoms with E-state index in [4.69, 9.17) is 4.74 Å². The van der Waals surface area contributed by atoms with E-state index in [1.165, 1.54) is 25.3 Å². The van der Waals surface area contributed by atoms with Gasteiger partial charge in [0.15, 0.2) is 0 Å². The Labute approximate surface area is 163 Å². The van der Waals surface area contributed by atoms with Crippen LogP contribution in [0.3, 0.4) is 0 Å². The molecule has 138 valence electrons. The van der Waals surface area contributed by atoms with Crippen molar-refractivity contribution in [2.24, 2.45) is 4.99 Å². The maximum absolute atomic E-state index is 11.8. The second kappa shape index (κ2) is 7.21. The van der Waals surface area contributed by atoms with Gasteiger partial charge in [0, 0.05) is 0 Å². The summed E-state index contributed by atoms with van der Waals surface area (Å²) in [6.45, 7) is 0. The van der Waals surface area contributed by atoms with E-state index in [-0.39, 0.29) is 11.1 Å². The second-order valence-electron chi connectivity index (χ2n) is 6.01.